The predicted molar refractivity (Wildman–Crippen MR) is 114 cm³/mol. The van der Waals surface area contributed by atoms with Gasteiger partial charge >= 0.3 is 0 Å². The van der Waals surface area contributed by atoms with Gasteiger partial charge in [0.25, 0.3) is 0 Å². The van der Waals surface area contributed by atoms with E-state index in [0.29, 0.717) is 19.0 Å². The summed E-state index contributed by atoms with van der Waals surface area (Å²) in [7, 11) is 3.52. The van der Waals surface area contributed by atoms with Crippen LogP contribution in [0.3, 0.4) is 0 Å². The number of pyridine rings is 1. The second-order valence-corrected chi connectivity index (χ2v) is 5.76. The van der Waals surface area contributed by atoms with Crippen LogP contribution in [-0.2, 0) is 13.6 Å². The number of guanidine groups is 1. The first-order valence-corrected chi connectivity index (χ1v) is 8.11. The van der Waals surface area contributed by atoms with E-state index in [1.807, 2.05) is 37.4 Å². The van der Waals surface area contributed by atoms with Crippen LogP contribution in [0.4, 0.5) is 0 Å². The molecule has 0 aliphatic carbocycles. The van der Waals surface area contributed by atoms with Crippen LogP contribution >= 0.6 is 24.0 Å². The second-order valence-electron chi connectivity index (χ2n) is 5.76. The lowest BCUT2D eigenvalue weighted by atomic mass is 10.1. The minimum Gasteiger partial charge on any atom is -0.386 e. The first kappa shape index (κ1) is 20.1. The second kappa shape index (κ2) is 9.48. The maximum atomic E-state index is 10.2. The number of aliphatic hydroxyl groups is 1. The van der Waals surface area contributed by atoms with Crippen molar-refractivity contribution in [1.82, 2.24) is 25.4 Å². The molecule has 3 rings (SSSR count). The number of rotatable bonds is 5. The Morgan fingerprint density at radius 2 is 2.08 bits per heavy atom. The smallest absolute Gasteiger partial charge is 0.191 e. The quantitative estimate of drug-likeness (QED) is 0.304. The van der Waals surface area contributed by atoms with Crippen molar-refractivity contribution in [3.63, 3.8) is 0 Å². The highest BCUT2D eigenvalue weighted by atomic mass is 127. The number of hydrogen-bond acceptors (Lipinski definition) is 4. The molecule has 26 heavy (non-hydrogen) atoms. The molecule has 3 aromatic rings. The van der Waals surface area contributed by atoms with Crippen LogP contribution in [0.25, 0.3) is 10.9 Å². The van der Waals surface area contributed by atoms with Crippen LogP contribution in [0.2, 0.25) is 0 Å². The normalized spacial score (nSPS) is 12.5. The third-order valence-corrected chi connectivity index (χ3v) is 3.96. The number of aliphatic hydroxyl groups excluding tert-OH is 1. The minimum atomic E-state index is -0.647. The molecule has 0 aliphatic rings. The molecule has 0 fully saturated rings. The van der Waals surface area contributed by atoms with Crippen molar-refractivity contribution in [2.24, 2.45) is 12.0 Å². The Labute approximate surface area is 169 Å². The third kappa shape index (κ3) is 4.92. The van der Waals surface area contributed by atoms with Gasteiger partial charge in [-0.1, -0.05) is 24.3 Å². The van der Waals surface area contributed by atoms with Crippen LogP contribution < -0.4 is 10.6 Å². The van der Waals surface area contributed by atoms with E-state index in [1.54, 1.807) is 30.3 Å². The summed E-state index contributed by atoms with van der Waals surface area (Å²) in [6.07, 6.45) is 4.60. The summed E-state index contributed by atoms with van der Waals surface area (Å²) in [5.74, 6) is 0.621. The number of benzene rings is 1. The molecule has 0 saturated heterocycles. The largest absolute Gasteiger partial charge is 0.386 e. The first-order chi connectivity index (χ1) is 12.2. The lowest BCUT2D eigenvalue weighted by Gasteiger charge is -2.15. The average molecular weight is 466 g/mol. The van der Waals surface area contributed by atoms with Crippen molar-refractivity contribution in [2.45, 2.75) is 12.6 Å². The van der Waals surface area contributed by atoms with Crippen LogP contribution in [-0.4, -0.2) is 39.4 Å². The molecule has 0 saturated carbocycles. The van der Waals surface area contributed by atoms with Gasteiger partial charge in [0.2, 0.25) is 0 Å². The first-order valence-electron chi connectivity index (χ1n) is 8.11. The van der Waals surface area contributed by atoms with Gasteiger partial charge in [0, 0.05) is 50.5 Å². The summed E-state index contributed by atoms with van der Waals surface area (Å²) in [5, 5.41) is 21.8. The minimum absolute atomic E-state index is 0. The number of aryl methyl sites for hydroxylation is 1. The standard InChI is InChI=1S/C18H22N6O.HI/c1-19-18(22-11-16(25)15-10-23-24(2)12-15)21-9-14-6-3-5-13-7-4-8-20-17(13)14;/h3-8,10,12,16,25H,9,11H2,1-2H3,(H2,19,21,22);1H. The zero-order valence-corrected chi connectivity index (χ0v) is 17.1. The monoisotopic (exact) mass is 466 g/mol. The number of aliphatic imine (C=N–C) groups is 1. The summed E-state index contributed by atoms with van der Waals surface area (Å²) < 4.78 is 1.67. The van der Waals surface area contributed by atoms with Crippen LogP contribution in [0, 0.1) is 0 Å². The van der Waals surface area contributed by atoms with Gasteiger partial charge < -0.3 is 15.7 Å². The molecule has 138 valence electrons. The van der Waals surface area contributed by atoms with Gasteiger partial charge in [0.15, 0.2) is 5.96 Å². The third-order valence-electron chi connectivity index (χ3n) is 3.96. The molecule has 2 aromatic heterocycles. The molecular formula is C18H23IN6O. The molecule has 0 amide bonds. The molecule has 8 heteroatoms. The summed E-state index contributed by atoms with van der Waals surface area (Å²) in [6.45, 7) is 0.941. The van der Waals surface area contributed by atoms with Crippen LogP contribution in [0.15, 0.2) is 53.9 Å². The van der Waals surface area contributed by atoms with E-state index < -0.39 is 6.10 Å². The Hall–Kier alpha value is -2.20. The highest BCUT2D eigenvalue weighted by Crippen LogP contribution is 2.15. The highest BCUT2D eigenvalue weighted by molar-refractivity contribution is 14.0. The molecule has 1 aromatic carbocycles. The Morgan fingerprint density at radius 1 is 1.27 bits per heavy atom. The molecular weight excluding hydrogens is 443 g/mol. The van der Waals surface area contributed by atoms with E-state index in [1.165, 1.54) is 0 Å². The number of fused-ring (bicyclic) bond motifs is 1. The number of aromatic nitrogens is 3. The van der Waals surface area contributed by atoms with Crippen LogP contribution in [0.1, 0.15) is 17.2 Å². The van der Waals surface area contributed by atoms with E-state index in [2.05, 4.69) is 25.7 Å². The fraction of sp³-hybridized carbons (Fsp3) is 0.278. The van der Waals surface area contributed by atoms with Gasteiger partial charge in [-0.05, 0) is 11.6 Å². The number of nitrogens with one attached hydrogen (secondary N) is 2. The van der Waals surface area contributed by atoms with Crippen molar-refractivity contribution < 1.29 is 5.11 Å². The number of hydrogen-bond donors (Lipinski definition) is 3. The van der Waals surface area contributed by atoms with Crippen molar-refractivity contribution in [3.8, 4) is 0 Å². The SMILES string of the molecule is CN=C(NCc1cccc2cccnc12)NCC(O)c1cnn(C)c1.I. The van der Waals surface area contributed by atoms with E-state index in [0.717, 1.165) is 22.0 Å². The highest BCUT2D eigenvalue weighted by Gasteiger charge is 2.10. The van der Waals surface area contributed by atoms with Gasteiger partial charge in [-0.15, -0.1) is 24.0 Å². The molecule has 2 heterocycles. The van der Waals surface area contributed by atoms with Crippen molar-refractivity contribution in [2.75, 3.05) is 13.6 Å². The van der Waals surface area contributed by atoms with E-state index >= 15 is 0 Å². The predicted octanol–water partition coefficient (Wildman–Crippen LogP) is 1.98. The molecule has 0 bridgehead atoms. The Morgan fingerprint density at radius 3 is 2.81 bits per heavy atom. The molecule has 0 radical (unpaired) electrons. The van der Waals surface area contributed by atoms with Crippen molar-refractivity contribution in [1.29, 1.82) is 0 Å². The van der Waals surface area contributed by atoms with Crippen molar-refractivity contribution >= 4 is 40.8 Å². The fourth-order valence-corrected chi connectivity index (χ4v) is 2.63. The van der Waals surface area contributed by atoms with Crippen LogP contribution in [0.5, 0.6) is 0 Å². The topological polar surface area (TPSA) is 87.4 Å². The Bertz CT molecular complexity index is 874. The van der Waals surface area contributed by atoms with E-state index in [4.69, 9.17) is 0 Å². The van der Waals surface area contributed by atoms with Crippen molar-refractivity contribution in [3.05, 3.63) is 60.0 Å². The van der Waals surface area contributed by atoms with E-state index in [9.17, 15) is 5.11 Å². The molecule has 1 unspecified atom stereocenters. The summed E-state index contributed by atoms with van der Waals surface area (Å²) in [4.78, 5) is 8.65. The summed E-state index contributed by atoms with van der Waals surface area (Å²) >= 11 is 0. The average Bonchev–Trinajstić information content (AvgIpc) is 3.08. The maximum absolute atomic E-state index is 10.2. The lowest BCUT2D eigenvalue weighted by Crippen LogP contribution is -2.39. The Balaban J connectivity index is 0.00000243. The van der Waals surface area contributed by atoms with Gasteiger partial charge in [-0.25, -0.2) is 0 Å². The molecule has 0 spiro atoms. The molecule has 1 atom stereocenters. The molecule has 7 nitrogen and oxygen atoms in total. The molecule has 3 N–H and O–H groups in total. The number of halogens is 1. The molecule has 0 aliphatic heterocycles. The van der Waals surface area contributed by atoms with Gasteiger partial charge in [0.1, 0.15) is 0 Å². The zero-order chi connectivity index (χ0) is 17.6. The fourth-order valence-electron chi connectivity index (χ4n) is 2.63. The summed E-state index contributed by atoms with van der Waals surface area (Å²) in [5.41, 5.74) is 2.83. The Kier molecular flexibility index (Phi) is 7.34. The lowest BCUT2D eigenvalue weighted by molar-refractivity contribution is 0.180. The number of nitrogens with zero attached hydrogens (tertiary/aromatic N) is 4. The van der Waals surface area contributed by atoms with Gasteiger partial charge in [-0.2, -0.15) is 5.10 Å². The number of para-hydroxylation sites is 1. The maximum Gasteiger partial charge on any atom is 0.191 e. The van der Waals surface area contributed by atoms with E-state index in [-0.39, 0.29) is 24.0 Å². The van der Waals surface area contributed by atoms with Gasteiger partial charge in [0.05, 0.1) is 17.8 Å². The summed E-state index contributed by atoms with van der Waals surface area (Å²) in [6, 6.07) is 10.1. The van der Waals surface area contributed by atoms with Gasteiger partial charge in [-0.3, -0.25) is 14.7 Å². The zero-order valence-electron chi connectivity index (χ0n) is 14.8.